The van der Waals surface area contributed by atoms with E-state index in [2.05, 4.69) is 88.5 Å². The second-order valence-corrected chi connectivity index (χ2v) is 19.9. The number of nitrogens with zero attached hydrogens (tertiary/aromatic N) is 9. The van der Waals surface area contributed by atoms with Crippen LogP contribution < -0.4 is 20.3 Å². The summed E-state index contributed by atoms with van der Waals surface area (Å²) in [5.41, 5.74) is 7.13. The molecule has 4 aliphatic rings. The van der Waals surface area contributed by atoms with Gasteiger partial charge in [-0.05, 0) is 120 Å². The molecule has 0 unspecified atom stereocenters. The fourth-order valence-electron chi connectivity index (χ4n) is 10.4. The van der Waals surface area contributed by atoms with Crippen molar-refractivity contribution in [3.05, 3.63) is 122 Å². The van der Waals surface area contributed by atoms with Crippen molar-refractivity contribution in [1.82, 2.24) is 40.2 Å². The first-order chi connectivity index (χ1) is 32.2. The Morgan fingerprint density at radius 1 is 0.894 bits per heavy atom. The number of nitrogens with one attached hydrogen (secondary N) is 2. The number of anilines is 2. The van der Waals surface area contributed by atoms with Crippen LogP contribution in [0.4, 0.5) is 11.5 Å². The number of benzene rings is 2. The molecule has 6 aromatic rings. The first-order valence-electron chi connectivity index (χ1n) is 23.6. The van der Waals surface area contributed by atoms with Crippen LogP contribution in [-0.4, -0.2) is 97.9 Å². The van der Waals surface area contributed by atoms with Gasteiger partial charge < -0.3 is 24.7 Å². The van der Waals surface area contributed by atoms with Gasteiger partial charge in [0.1, 0.15) is 28.9 Å². The van der Waals surface area contributed by atoms with Gasteiger partial charge in [0, 0.05) is 67.4 Å². The average Bonchev–Trinajstić information content (AvgIpc) is 3.98. The van der Waals surface area contributed by atoms with Crippen LogP contribution in [0.3, 0.4) is 0 Å². The molecular formula is C50H58ClN11O3S. The standard InChI is InChI=1S/C50H58ClN11O3S/c1-30-31(2)66-50-46(30)47(55-43(29-45-53-22-27-64-45)48-59-56-32(3)62(48)50)35-8-6-33(7-9-35)34-10-14-37(15-11-34)60-23-5-24-61(26-25-60)44-21-20-42(57-58-44)49(63)54-36-12-16-38(17-13-36)65-39-18-19-41(52-4)40(51)28-39/h6-9,18-22,27-28,34,36-38,43,52H,5,10-17,23-26,29H2,1-4H3,(H,54,63)/t34?,36?,37?,38?,43-/m0/s1. The van der Waals surface area contributed by atoms with Crippen LogP contribution in [0.1, 0.15) is 125 Å². The highest BCUT2D eigenvalue weighted by Gasteiger charge is 2.33. The van der Waals surface area contributed by atoms with Gasteiger partial charge in [-0.1, -0.05) is 35.9 Å². The van der Waals surface area contributed by atoms with E-state index in [0.29, 0.717) is 35.0 Å². The Bertz CT molecular complexity index is 2670. The molecule has 2 aliphatic carbocycles. The number of oxazole rings is 1. The SMILES string of the molecule is CNc1ccc(OC2CCC(NC(=O)c3ccc(N4CCCN(C5CCC(c6ccc(C7=N[C@@H](Cc8ncco8)c8nnc(C)n8-c8sc(C)c(C)c87)cc6)CC5)CC4)nn3)CC2)cc1Cl. The lowest BCUT2D eigenvalue weighted by atomic mass is 9.81. The molecule has 344 valence electrons. The second kappa shape index (κ2) is 19.3. The van der Waals surface area contributed by atoms with Crippen LogP contribution in [-0.2, 0) is 6.42 Å². The minimum atomic E-state index is -0.287. The smallest absolute Gasteiger partial charge is 0.272 e. The molecule has 3 fully saturated rings. The first-order valence-corrected chi connectivity index (χ1v) is 24.7. The van der Waals surface area contributed by atoms with Crippen molar-refractivity contribution in [2.75, 3.05) is 43.4 Å². The molecule has 1 atom stereocenters. The summed E-state index contributed by atoms with van der Waals surface area (Å²) < 4.78 is 14.1. The summed E-state index contributed by atoms with van der Waals surface area (Å²) in [7, 11) is 1.85. The molecule has 0 bridgehead atoms. The number of aliphatic imine (C=N–C) groups is 1. The van der Waals surface area contributed by atoms with E-state index in [0.717, 1.165) is 109 Å². The second-order valence-electron chi connectivity index (χ2n) is 18.3. The Labute approximate surface area is 395 Å². The molecule has 2 aliphatic heterocycles. The average molecular weight is 929 g/mol. The zero-order valence-electron chi connectivity index (χ0n) is 38.2. The molecule has 4 aromatic heterocycles. The van der Waals surface area contributed by atoms with Crippen LogP contribution in [0.2, 0.25) is 5.02 Å². The highest BCUT2D eigenvalue weighted by Crippen LogP contribution is 2.41. The van der Waals surface area contributed by atoms with Gasteiger partial charge in [-0.25, -0.2) is 4.98 Å². The summed E-state index contributed by atoms with van der Waals surface area (Å²) in [5.74, 6) is 4.26. The Balaban J connectivity index is 0.716. The van der Waals surface area contributed by atoms with Gasteiger partial charge in [0.2, 0.25) is 0 Å². The minimum absolute atomic E-state index is 0.0817. The number of hydrogen-bond donors (Lipinski definition) is 2. The number of carbonyl (C=O) groups excluding carboxylic acids is 1. The van der Waals surface area contributed by atoms with Gasteiger partial charge >= 0.3 is 0 Å². The Kier molecular flexibility index (Phi) is 12.9. The minimum Gasteiger partial charge on any atom is -0.490 e. The van der Waals surface area contributed by atoms with Gasteiger partial charge in [0.05, 0.1) is 35.1 Å². The van der Waals surface area contributed by atoms with E-state index in [1.807, 2.05) is 44.3 Å². The highest BCUT2D eigenvalue weighted by atomic mass is 35.5. The molecule has 2 saturated carbocycles. The molecule has 10 rings (SSSR count). The number of amides is 1. The van der Waals surface area contributed by atoms with E-state index in [4.69, 9.17) is 25.7 Å². The lowest BCUT2D eigenvalue weighted by Crippen LogP contribution is -2.40. The van der Waals surface area contributed by atoms with E-state index in [-0.39, 0.29) is 24.1 Å². The summed E-state index contributed by atoms with van der Waals surface area (Å²) >= 11 is 8.12. The number of halogens is 1. The summed E-state index contributed by atoms with van der Waals surface area (Å²) in [6.45, 7) is 10.3. The number of thiophene rings is 1. The van der Waals surface area contributed by atoms with Gasteiger partial charge in [-0.15, -0.1) is 31.7 Å². The number of aryl methyl sites for hydroxylation is 2. The van der Waals surface area contributed by atoms with E-state index in [9.17, 15) is 4.79 Å². The highest BCUT2D eigenvalue weighted by molar-refractivity contribution is 7.15. The summed E-state index contributed by atoms with van der Waals surface area (Å²) in [4.78, 5) is 29.3. The van der Waals surface area contributed by atoms with E-state index >= 15 is 0 Å². The van der Waals surface area contributed by atoms with Crippen LogP contribution >= 0.6 is 22.9 Å². The Morgan fingerprint density at radius 3 is 2.44 bits per heavy atom. The van der Waals surface area contributed by atoms with Crippen LogP contribution in [0.15, 0.2) is 76.5 Å². The van der Waals surface area contributed by atoms with Crippen molar-refractivity contribution in [3.63, 3.8) is 0 Å². The fourth-order valence-corrected chi connectivity index (χ4v) is 11.9. The van der Waals surface area contributed by atoms with Crippen LogP contribution in [0, 0.1) is 20.8 Å². The van der Waals surface area contributed by atoms with Gasteiger partial charge in [0.25, 0.3) is 5.91 Å². The number of fused-ring (bicyclic) bond motifs is 3. The molecule has 66 heavy (non-hydrogen) atoms. The number of hydrogen-bond acceptors (Lipinski definition) is 13. The summed E-state index contributed by atoms with van der Waals surface area (Å²) in [6.07, 6.45) is 13.1. The monoisotopic (exact) mass is 927 g/mol. The Hall–Kier alpha value is -5.64. The topological polar surface area (TPSA) is 152 Å². The van der Waals surface area contributed by atoms with Gasteiger partial charge in [-0.2, -0.15) is 0 Å². The lowest BCUT2D eigenvalue weighted by Gasteiger charge is -2.36. The lowest BCUT2D eigenvalue weighted by molar-refractivity contribution is 0.0888. The van der Waals surface area contributed by atoms with Crippen LogP contribution in [0.5, 0.6) is 5.75 Å². The van der Waals surface area contributed by atoms with Gasteiger partial charge in [-0.3, -0.25) is 19.3 Å². The normalized spacial score (nSPS) is 22.4. The predicted octanol–water partition coefficient (Wildman–Crippen LogP) is 9.22. The number of aromatic nitrogens is 6. The summed E-state index contributed by atoms with van der Waals surface area (Å²) in [6, 6.07) is 19.1. The van der Waals surface area contributed by atoms with Gasteiger partial charge in [0.15, 0.2) is 23.2 Å². The van der Waals surface area contributed by atoms with Crippen molar-refractivity contribution < 1.29 is 13.9 Å². The molecule has 2 N–H and O–H groups in total. The molecule has 1 amide bonds. The number of ether oxygens (including phenoxy) is 1. The molecule has 2 aromatic carbocycles. The van der Waals surface area contributed by atoms with Crippen molar-refractivity contribution in [3.8, 4) is 10.8 Å². The Morgan fingerprint density at radius 2 is 1.71 bits per heavy atom. The molecule has 14 nitrogen and oxygen atoms in total. The van der Waals surface area contributed by atoms with Crippen molar-refractivity contribution in [2.24, 2.45) is 4.99 Å². The third-order valence-corrected chi connectivity index (χ3v) is 15.7. The maximum Gasteiger partial charge on any atom is 0.272 e. The third-order valence-electron chi connectivity index (χ3n) is 14.2. The quantitative estimate of drug-likeness (QED) is 0.128. The van der Waals surface area contributed by atoms with Crippen molar-refractivity contribution >= 4 is 46.1 Å². The molecule has 0 spiro atoms. The van der Waals surface area contributed by atoms with Crippen molar-refractivity contribution in [1.29, 1.82) is 0 Å². The molecule has 1 saturated heterocycles. The number of carbonyl (C=O) groups is 1. The molecule has 0 radical (unpaired) electrons. The third kappa shape index (κ3) is 9.21. The zero-order valence-corrected chi connectivity index (χ0v) is 39.7. The molecular weight excluding hydrogens is 870 g/mol. The fraction of sp³-hybridized carbons (Fsp3) is 0.460. The maximum atomic E-state index is 13.2. The van der Waals surface area contributed by atoms with E-state index in [1.165, 1.54) is 41.7 Å². The van der Waals surface area contributed by atoms with E-state index in [1.54, 1.807) is 23.8 Å². The zero-order chi connectivity index (χ0) is 45.3. The number of rotatable bonds is 11. The first kappa shape index (κ1) is 44.2. The molecule has 16 heteroatoms. The maximum absolute atomic E-state index is 13.2. The van der Waals surface area contributed by atoms with E-state index < -0.39 is 0 Å². The molecule has 6 heterocycles. The van der Waals surface area contributed by atoms with Crippen LogP contribution in [0.25, 0.3) is 5.00 Å². The van der Waals surface area contributed by atoms with Crippen molar-refractivity contribution in [2.45, 2.75) is 115 Å². The summed E-state index contributed by atoms with van der Waals surface area (Å²) in [5, 5.41) is 26.1. The predicted molar refractivity (Wildman–Crippen MR) is 259 cm³/mol. The largest absolute Gasteiger partial charge is 0.490 e.